The van der Waals surface area contributed by atoms with Crippen LogP contribution >= 0.6 is 0 Å². The minimum Gasteiger partial charge on any atom is -0.494 e. The van der Waals surface area contributed by atoms with Gasteiger partial charge < -0.3 is 14.8 Å². The highest BCUT2D eigenvalue weighted by Gasteiger charge is 2.14. The fourth-order valence-corrected chi connectivity index (χ4v) is 2.10. The molecule has 1 atom stereocenters. The molecule has 0 bridgehead atoms. The summed E-state index contributed by atoms with van der Waals surface area (Å²) in [6.07, 6.45) is 1.09. The van der Waals surface area contributed by atoms with Crippen molar-refractivity contribution in [1.82, 2.24) is 0 Å². The normalized spacial score (nSPS) is 12.3. The number of benzene rings is 1. The predicted molar refractivity (Wildman–Crippen MR) is 81.3 cm³/mol. The van der Waals surface area contributed by atoms with Gasteiger partial charge in [0.1, 0.15) is 11.5 Å². The summed E-state index contributed by atoms with van der Waals surface area (Å²) in [5, 5.41) is 3.58. The maximum Gasteiger partial charge on any atom is 0.142 e. The lowest BCUT2D eigenvalue weighted by Crippen LogP contribution is -2.24. The van der Waals surface area contributed by atoms with E-state index in [0.717, 1.165) is 23.6 Å². The second kappa shape index (κ2) is 7.93. The second-order valence-electron chi connectivity index (χ2n) is 4.93. The Hall–Kier alpha value is -1.38. The predicted octanol–water partition coefficient (Wildman–Crippen LogP) is 4.33. The maximum atomic E-state index is 5.68. The highest BCUT2D eigenvalue weighted by molar-refractivity contribution is 5.60. The van der Waals surface area contributed by atoms with Gasteiger partial charge in [-0.3, -0.25) is 0 Å². The van der Waals surface area contributed by atoms with E-state index >= 15 is 0 Å². The summed E-state index contributed by atoms with van der Waals surface area (Å²) in [7, 11) is 0. The number of rotatable bonds is 8. The smallest absolute Gasteiger partial charge is 0.142 e. The van der Waals surface area contributed by atoms with Crippen LogP contribution in [-0.4, -0.2) is 19.3 Å². The van der Waals surface area contributed by atoms with Crippen LogP contribution in [0.3, 0.4) is 0 Å². The average molecular weight is 265 g/mol. The lowest BCUT2D eigenvalue weighted by atomic mass is 10.0. The second-order valence-corrected chi connectivity index (χ2v) is 4.93. The molecular formula is C16H27NO2. The van der Waals surface area contributed by atoms with Gasteiger partial charge in [0.25, 0.3) is 0 Å². The molecule has 0 aliphatic heterocycles. The van der Waals surface area contributed by atoms with Gasteiger partial charge in [-0.1, -0.05) is 20.8 Å². The Morgan fingerprint density at radius 2 is 1.74 bits per heavy atom. The van der Waals surface area contributed by atoms with E-state index in [0.29, 0.717) is 25.2 Å². The summed E-state index contributed by atoms with van der Waals surface area (Å²) in [4.78, 5) is 0. The lowest BCUT2D eigenvalue weighted by molar-refractivity contribution is 0.331. The van der Waals surface area contributed by atoms with Crippen LogP contribution in [-0.2, 0) is 0 Å². The van der Waals surface area contributed by atoms with Crippen molar-refractivity contribution < 1.29 is 9.47 Å². The van der Waals surface area contributed by atoms with Gasteiger partial charge in [0.05, 0.1) is 18.9 Å². The van der Waals surface area contributed by atoms with E-state index in [4.69, 9.17) is 9.47 Å². The van der Waals surface area contributed by atoms with E-state index in [2.05, 4.69) is 26.1 Å². The number of ether oxygens (including phenoxy) is 2. The maximum absolute atomic E-state index is 5.68. The minimum atomic E-state index is 0.441. The molecule has 0 spiro atoms. The van der Waals surface area contributed by atoms with Crippen LogP contribution in [0, 0.1) is 5.92 Å². The fourth-order valence-electron chi connectivity index (χ4n) is 2.10. The topological polar surface area (TPSA) is 30.5 Å². The van der Waals surface area contributed by atoms with Crippen molar-refractivity contribution in [3.8, 4) is 11.5 Å². The zero-order chi connectivity index (χ0) is 14.3. The van der Waals surface area contributed by atoms with Crippen LogP contribution in [0.4, 0.5) is 5.69 Å². The molecule has 0 saturated heterocycles. The molecule has 1 N–H and O–H groups in total. The monoisotopic (exact) mass is 265 g/mol. The first-order valence-electron chi connectivity index (χ1n) is 7.28. The molecule has 0 heterocycles. The van der Waals surface area contributed by atoms with E-state index < -0.39 is 0 Å². The Morgan fingerprint density at radius 1 is 1.05 bits per heavy atom. The Kier molecular flexibility index (Phi) is 6.54. The van der Waals surface area contributed by atoms with Crippen LogP contribution in [0.5, 0.6) is 11.5 Å². The SMILES string of the molecule is CCOc1ccc(OCC)c(NC(CC)C(C)C)c1. The first-order chi connectivity index (χ1) is 9.12. The molecule has 1 rings (SSSR count). The molecule has 1 aromatic rings. The Morgan fingerprint density at radius 3 is 2.26 bits per heavy atom. The summed E-state index contributed by atoms with van der Waals surface area (Å²) in [6.45, 7) is 12.0. The van der Waals surface area contributed by atoms with Crippen molar-refractivity contribution in [2.45, 2.75) is 47.1 Å². The van der Waals surface area contributed by atoms with Gasteiger partial charge in [0.2, 0.25) is 0 Å². The number of hydrogen-bond donors (Lipinski definition) is 1. The van der Waals surface area contributed by atoms with Gasteiger partial charge >= 0.3 is 0 Å². The molecule has 19 heavy (non-hydrogen) atoms. The molecule has 0 aliphatic rings. The van der Waals surface area contributed by atoms with E-state index in [1.165, 1.54) is 0 Å². The summed E-state index contributed by atoms with van der Waals surface area (Å²) < 4.78 is 11.2. The highest BCUT2D eigenvalue weighted by atomic mass is 16.5. The van der Waals surface area contributed by atoms with Crippen LogP contribution in [0.1, 0.15) is 41.0 Å². The molecule has 0 amide bonds. The number of nitrogens with one attached hydrogen (secondary N) is 1. The van der Waals surface area contributed by atoms with Crippen molar-refractivity contribution in [1.29, 1.82) is 0 Å². The van der Waals surface area contributed by atoms with Gasteiger partial charge in [-0.15, -0.1) is 0 Å². The first kappa shape index (κ1) is 15.7. The number of hydrogen-bond acceptors (Lipinski definition) is 3. The van der Waals surface area contributed by atoms with Crippen LogP contribution in [0.2, 0.25) is 0 Å². The van der Waals surface area contributed by atoms with E-state index in [9.17, 15) is 0 Å². The Labute approximate surface area is 117 Å². The third-order valence-electron chi connectivity index (χ3n) is 3.15. The lowest BCUT2D eigenvalue weighted by Gasteiger charge is -2.24. The molecule has 0 radical (unpaired) electrons. The van der Waals surface area contributed by atoms with Crippen LogP contribution in [0.25, 0.3) is 0 Å². The van der Waals surface area contributed by atoms with E-state index in [1.807, 2.05) is 32.0 Å². The zero-order valence-corrected chi connectivity index (χ0v) is 12.8. The fraction of sp³-hybridized carbons (Fsp3) is 0.625. The van der Waals surface area contributed by atoms with Crippen molar-refractivity contribution >= 4 is 5.69 Å². The molecule has 1 unspecified atom stereocenters. The highest BCUT2D eigenvalue weighted by Crippen LogP contribution is 2.31. The molecular weight excluding hydrogens is 238 g/mol. The van der Waals surface area contributed by atoms with Gasteiger partial charge in [0, 0.05) is 12.1 Å². The standard InChI is InChI=1S/C16H27NO2/c1-6-14(12(4)5)17-15-11-13(18-7-2)9-10-16(15)19-8-3/h9-12,14,17H,6-8H2,1-5H3. The first-order valence-corrected chi connectivity index (χ1v) is 7.28. The van der Waals surface area contributed by atoms with E-state index in [-0.39, 0.29) is 0 Å². The average Bonchev–Trinajstić information content (AvgIpc) is 2.38. The van der Waals surface area contributed by atoms with E-state index in [1.54, 1.807) is 0 Å². The van der Waals surface area contributed by atoms with Crippen molar-refractivity contribution in [3.05, 3.63) is 18.2 Å². The summed E-state index contributed by atoms with van der Waals surface area (Å²) in [6, 6.07) is 6.40. The molecule has 3 heteroatoms. The molecule has 0 aliphatic carbocycles. The third kappa shape index (κ3) is 4.66. The molecule has 0 fully saturated rings. The van der Waals surface area contributed by atoms with Crippen molar-refractivity contribution in [3.63, 3.8) is 0 Å². The van der Waals surface area contributed by atoms with Gasteiger partial charge in [0.15, 0.2) is 0 Å². The summed E-state index contributed by atoms with van der Waals surface area (Å²) in [5.41, 5.74) is 1.02. The molecule has 3 nitrogen and oxygen atoms in total. The molecule has 1 aromatic carbocycles. The van der Waals surface area contributed by atoms with Crippen LogP contribution in [0.15, 0.2) is 18.2 Å². The summed E-state index contributed by atoms with van der Waals surface area (Å²) in [5.74, 6) is 2.35. The minimum absolute atomic E-state index is 0.441. The number of anilines is 1. The van der Waals surface area contributed by atoms with Crippen LogP contribution < -0.4 is 14.8 Å². The molecule has 0 saturated carbocycles. The van der Waals surface area contributed by atoms with Gasteiger partial charge in [-0.05, 0) is 38.3 Å². The molecule has 0 aromatic heterocycles. The Balaban J connectivity index is 2.95. The quantitative estimate of drug-likeness (QED) is 0.759. The summed E-state index contributed by atoms with van der Waals surface area (Å²) >= 11 is 0. The van der Waals surface area contributed by atoms with Crippen molar-refractivity contribution in [2.75, 3.05) is 18.5 Å². The van der Waals surface area contributed by atoms with Gasteiger partial charge in [-0.25, -0.2) is 0 Å². The van der Waals surface area contributed by atoms with Gasteiger partial charge in [-0.2, -0.15) is 0 Å². The largest absolute Gasteiger partial charge is 0.494 e. The third-order valence-corrected chi connectivity index (χ3v) is 3.15. The Bertz CT molecular complexity index is 377. The zero-order valence-electron chi connectivity index (χ0n) is 12.8. The molecule has 108 valence electrons. The van der Waals surface area contributed by atoms with Crippen molar-refractivity contribution in [2.24, 2.45) is 5.92 Å².